The van der Waals surface area contributed by atoms with Crippen LogP contribution in [0, 0.1) is 0 Å². The summed E-state index contributed by atoms with van der Waals surface area (Å²) >= 11 is 5.95. The molecule has 0 fully saturated rings. The van der Waals surface area contributed by atoms with Gasteiger partial charge >= 0.3 is 6.09 Å². The molecule has 0 aromatic heterocycles. The fourth-order valence-electron chi connectivity index (χ4n) is 2.57. The number of carbonyl (C=O) groups excluding carboxylic acids is 2. The van der Waals surface area contributed by atoms with Gasteiger partial charge in [-0.3, -0.25) is 4.79 Å². The lowest BCUT2D eigenvalue weighted by Crippen LogP contribution is -2.49. The Bertz CT molecular complexity index is 976. The molecule has 10 heteroatoms. The minimum atomic E-state index is -1.06. The zero-order valence-corrected chi connectivity index (χ0v) is 19.7. The van der Waals surface area contributed by atoms with Gasteiger partial charge in [-0.1, -0.05) is 41.9 Å². The predicted molar refractivity (Wildman–Crippen MR) is 125 cm³/mol. The molecule has 2 aromatic rings. The van der Waals surface area contributed by atoms with Gasteiger partial charge in [0.15, 0.2) is 11.5 Å². The Labute approximate surface area is 197 Å². The number of nitrogens with zero attached hydrogens (tertiary/aromatic N) is 1. The van der Waals surface area contributed by atoms with Crippen molar-refractivity contribution in [3.63, 3.8) is 0 Å². The van der Waals surface area contributed by atoms with Crippen molar-refractivity contribution in [1.29, 1.82) is 0 Å². The van der Waals surface area contributed by atoms with Crippen LogP contribution in [-0.4, -0.2) is 48.7 Å². The Morgan fingerprint density at radius 3 is 2.55 bits per heavy atom. The number of benzene rings is 2. The van der Waals surface area contributed by atoms with E-state index in [0.29, 0.717) is 5.56 Å². The van der Waals surface area contributed by atoms with E-state index in [1.807, 2.05) is 30.3 Å². The van der Waals surface area contributed by atoms with Crippen LogP contribution in [0.25, 0.3) is 0 Å². The summed E-state index contributed by atoms with van der Waals surface area (Å²) in [7, 11) is 1.39. The third-order valence-corrected chi connectivity index (χ3v) is 4.35. The first-order valence-electron chi connectivity index (χ1n) is 10.1. The molecule has 0 saturated heterocycles. The molecule has 1 atom stereocenters. The number of carbonyl (C=O) groups is 2. The van der Waals surface area contributed by atoms with Gasteiger partial charge in [0.2, 0.25) is 0 Å². The Morgan fingerprint density at radius 1 is 1.21 bits per heavy atom. The summed E-state index contributed by atoms with van der Waals surface area (Å²) in [5.74, 6) is -0.645. The molecule has 0 aliphatic rings. The fraction of sp³-hybridized carbons (Fsp3) is 0.348. The number of hydrogen-bond acceptors (Lipinski definition) is 7. The third-order valence-electron chi connectivity index (χ3n) is 4.06. The topological polar surface area (TPSA) is 118 Å². The molecule has 0 bridgehead atoms. The smallest absolute Gasteiger partial charge is 0.408 e. The minimum absolute atomic E-state index is 0.0703. The molecule has 33 heavy (non-hydrogen) atoms. The van der Waals surface area contributed by atoms with E-state index >= 15 is 0 Å². The molecule has 9 nitrogen and oxygen atoms in total. The largest absolute Gasteiger partial charge is 0.503 e. The second-order valence-electron chi connectivity index (χ2n) is 7.99. The summed E-state index contributed by atoms with van der Waals surface area (Å²) in [5.41, 5.74) is 3.02. The number of nitrogens with one attached hydrogen (secondary N) is 2. The Morgan fingerprint density at radius 2 is 1.91 bits per heavy atom. The third kappa shape index (κ3) is 8.99. The van der Waals surface area contributed by atoms with Crippen LogP contribution in [0.1, 0.15) is 31.9 Å². The SMILES string of the molecule is COc1cc(/C=N\NC(=O)[C@H](COCc2ccccc2)NC(=O)OC(C)(C)C)cc(Cl)c1O. The zero-order valence-electron chi connectivity index (χ0n) is 18.9. The first kappa shape index (κ1) is 26.0. The van der Waals surface area contributed by atoms with Crippen molar-refractivity contribution < 1.29 is 28.9 Å². The van der Waals surface area contributed by atoms with Crippen LogP contribution in [0.3, 0.4) is 0 Å². The lowest BCUT2D eigenvalue weighted by atomic mass is 10.2. The highest BCUT2D eigenvalue weighted by molar-refractivity contribution is 6.32. The van der Waals surface area contributed by atoms with Crippen molar-refractivity contribution in [3.05, 3.63) is 58.6 Å². The van der Waals surface area contributed by atoms with Crippen LogP contribution >= 0.6 is 11.6 Å². The maximum absolute atomic E-state index is 12.7. The van der Waals surface area contributed by atoms with Crippen LogP contribution < -0.4 is 15.5 Å². The van der Waals surface area contributed by atoms with Gasteiger partial charge in [-0.15, -0.1) is 0 Å². The van der Waals surface area contributed by atoms with E-state index in [1.54, 1.807) is 20.8 Å². The Kier molecular flexibility index (Phi) is 9.50. The Balaban J connectivity index is 2.04. The molecular formula is C23H28ClN3O6. The number of rotatable bonds is 9. The normalized spacial score (nSPS) is 12.3. The van der Waals surface area contributed by atoms with Crippen molar-refractivity contribution in [3.8, 4) is 11.5 Å². The van der Waals surface area contributed by atoms with Gasteiger partial charge in [0.05, 0.1) is 31.6 Å². The van der Waals surface area contributed by atoms with E-state index in [-0.39, 0.29) is 29.7 Å². The first-order chi connectivity index (χ1) is 15.6. The van der Waals surface area contributed by atoms with E-state index < -0.39 is 23.6 Å². The van der Waals surface area contributed by atoms with Crippen molar-refractivity contribution in [2.45, 2.75) is 39.0 Å². The van der Waals surface area contributed by atoms with E-state index in [4.69, 9.17) is 25.8 Å². The minimum Gasteiger partial charge on any atom is -0.503 e. The van der Waals surface area contributed by atoms with E-state index in [9.17, 15) is 14.7 Å². The highest BCUT2D eigenvalue weighted by Crippen LogP contribution is 2.34. The molecule has 2 aromatic carbocycles. The Hall–Kier alpha value is -3.30. The molecule has 0 aliphatic heterocycles. The standard InChI is InChI=1S/C23H28ClN3O6/c1-23(2,3)33-22(30)26-18(14-32-13-15-8-6-5-7-9-15)21(29)27-25-12-16-10-17(24)20(28)19(11-16)31-4/h5-12,18,28H,13-14H2,1-4H3,(H,26,30)(H,27,29)/b25-12-/t18-/m0/s1. The number of hydrogen-bond donors (Lipinski definition) is 3. The van der Waals surface area contributed by atoms with E-state index in [2.05, 4.69) is 15.8 Å². The van der Waals surface area contributed by atoms with Gasteiger partial charge in [0.1, 0.15) is 11.6 Å². The van der Waals surface area contributed by atoms with E-state index in [0.717, 1.165) is 5.56 Å². The van der Waals surface area contributed by atoms with Crippen molar-refractivity contribution in [1.82, 2.24) is 10.7 Å². The van der Waals surface area contributed by atoms with E-state index in [1.165, 1.54) is 25.5 Å². The molecule has 0 radical (unpaired) electrons. The maximum atomic E-state index is 12.7. The second-order valence-corrected chi connectivity index (χ2v) is 8.39. The highest BCUT2D eigenvalue weighted by Gasteiger charge is 2.24. The number of phenols is 1. The molecule has 178 valence electrons. The molecular weight excluding hydrogens is 450 g/mol. The van der Waals surface area contributed by atoms with Gasteiger partial charge in [0.25, 0.3) is 5.91 Å². The van der Waals surface area contributed by atoms with Crippen molar-refractivity contribution in [2.24, 2.45) is 5.10 Å². The number of phenolic OH excluding ortho intramolecular Hbond substituents is 1. The molecule has 0 aliphatic carbocycles. The average Bonchev–Trinajstić information content (AvgIpc) is 2.74. The van der Waals surface area contributed by atoms with Gasteiger partial charge in [-0.05, 0) is 44.0 Å². The highest BCUT2D eigenvalue weighted by atomic mass is 35.5. The average molecular weight is 478 g/mol. The summed E-state index contributed by atoms with van der Waals surface area (Å²) in [4.78, 5) is 24.8. The van der Waals surface area contributed by atoms with Gasteiger partial charge in [-0.2, -0.15) is 5.10 Å². The molecule has 0 spiro atoms. The van der Waals surface area contributed by atoms with Crippen LogP contribution in [0.4, 0.5) is 4.79 Å². The van der Waals surface area contributed by atoms with Crippen molar-refractivity contribution in [2.75, 3.05) is 13.7 Å². The van der Waals surface area contributed by atoms with Crippen LogP contribution in [-0.2, 0) is 20.9 Å². The molecule has 2 amide bonds. The number of ether oxygens (including phenoxy) is 3. The number of hydrazone groups is 1. The lowest BCUT2D eigenvalue weighted by Gasteiger charge is -2.22. The first-order valence-corrected chi connectivity index (χ1v) is 10.5. The number of aromatic hydroxyl groups is 1. The zero-order chi connectivity index (χ0) is 24.4. The van der Waals surface area contributed by atoms with Crippen molar-refractivity contribution >= 4 is 29.8 Å². The lowest BCUT2D eigenvalue weighted by molar-refractivity contribution is -0.124. The van der Waals surface area contributed by atoms with Crippen LogP contribution in [0.5, 0.6) is 11.5 Å². The van der Waals surface area contributed by atoms with Gasteiger partial charge < -0.3 is 24.6 Å². The predicted octanol–water partition coefficient (Wildman–Crippen LogP) is 3.61. The summed E-state index contributed by atoms with van der Waals surface area (Å²) in [5, 5.41) is 16.3. The molecule has 3 N–H and O–H groups in total. The summed E-state index contributed by atoms with van der Waals surface area (Å²) in [6.07, 6.45) is 0.561. The number of methoxy groups -OCH3 is 1. The second kappa shape index (κ2) is 12.1. The maximum Gasteiger partial charge on any atom is 0.408 e. The number of amides is 2. The molecule has 2 rings (SSSR count). The molecule has 0 unspecified atom stereocenters. The monoisotopic (exact) mass is 477 g/mol. The molecule has 0 heterocycles. The number of alkyl carbamates (subject to hydrolysis) is 1. The van der Waals surface area contributed by atoms with Crippen LogP contribution in [0.15, 0.2) is 47.6 Å². The van der Waals surface area contributed by atoms with Crippen LogP contribution in [0.2, 0.25) is 5.02 Å². The summed E-state index contributed by atoms with van der Waals surface area (Å²) < 4.78 is 15.9. The van der Waals surface area contributed by atoms with Gasteiger partial charge in [0, 0.05) is 0 Å². The molecule has 0 saturated carbocycles. The quantitative estimate of drug-likeness (QED) is 0.375. The summed E-state index contributed by atoms with van der Waals surface area (Å²) in [6, 6.07) is 11.3. The fourth-order valence-corrected chi connectivity index (χ4v) is 2.79. The summed E-state index contributed by atoms with van der Waals surface area (Å²) in [6.45, 7) is 5.31. The van der Waals surface area contributed by atoms with Gasteiger partial charge in [-0.25, -0.2) is 10.2 Å². The number of halogens is 1.